The van der Waals surface area contributed by atoms with Gasteiger partial charge in [0.1, 0.15) is 0 Å². The van der Waals surface area contributed by atoms with Crippen LogP contribution in [0.5, 0.6) is 0 Å². The fourth-order valence-electron chi connectivity index (χ4n) is 3.19. The number of ether oxygens (including phenoxy) is 2. The van der Waals surface area contributed by atoms with E-state index in [4.69, 9.17) is 9.47 Å². The Morgan fingerprint density at radius 1 is 1.32 bits per heavy atom. The molecule has 0 aromatic heterocycles. The Labute approximate surface area is 145 Å². The average molecular weight is 353 g/mol. The van der Waals surface area contributed by atoms with E-state index in [9.17, 15) is 20.2 Å². The number of nitrogens with zero attached hydrogens (tertiary/aromatic N) is 3. The van der Waals surface area contributed by atoms with E-state index in [2.05, 4.69) is 0 Å². The van der Waals surface area contributed by atoms with Gasteiger partial charge in [0, 0.05) is 19.7 Å². The van der Waals surface area contributed by atoms with Crippen LogP contribution in [0.4, 0.5) is 17.1 Å². The summed E-state index contributed by atoms with van der Waals surface area (Å²) in [5, 5.41) is 23.5. The highest BCUT2D eigenvalue weighted by Gasteiger charge is 2.38. The van der Waals surface area contributed by atoms with E-state index in [-0.39, 0.29) is 35.8 Å². The lowest BCUT2D eigenvalue weighted by Gasteiger charge is -2.38. The van der Waals surface area contributed by atoms with Crippen molar-refractivity contribution >= 4 is 17.1 Å². The number of hydrogen-bond donors (Lipinski definition) is 0. The van der Waals surface area contributed by atoms with Gasteiger partial charge in [-0.05, 0) is 25.8 Å². The lowest BCUT2D eigenvalue weighted by molar-refractivity contribution is -0.393. The van der Waals surface area contributed by atoms with Gasteiger partial charge in [0.25, 0.3) is 5.69 Å². The van der Waals surface area contributed by atoms with Gasteiger partial charge in [0.15, 0.2) is 5.69 Å². The Balaban J connectivity index is 2.79. The first-order valence-corrected chi connectivity index (χ1v) is 8.16. The SMILES string of the molecule is CCc1cc([N+](=O)[O-])c(N2CC(C)OCC2C)c([N+](=O)[O-])c1COC. The van der Waals surface area contributed by atoms with Crippen LogP contribution in [0.1, 0.15) is 31.9 Å². The van der Waals surface area contributed by atoms with E-state index in [0.717, 1.165) is 0 Å². The van der Waals surface area contributed by atoms with Gasteiger partial charge in [-0.15, -0.1) is 0 Å². The molecule has 2 atom stereocenters. The molecule has 0 spiro atoms. The molecule has 1 aromatic carbocycles. The van der Waals surface area contributed by atoms with Crippen molar-refractivity contribution in [2.75, 3.05) is 25.2 Å². The highest BCUT2D eigenvalue weighted by atomic mass is 16.6. The molecule has 1 aliphatic heterocycles. The third-order valence-electron chi connectivity index (χ3n) is 4.40. The lowest BCUT2D eigenvalue weighted by atomic mass is 9.98. The van der Waals surface area contributed by atoms with E-state index in [1.807, 2.05) is 13.8 Å². The third kappa shape index (κ3) is 3.72. The van der Waals surface area contributed by atoms with Crippen molar-refractivity contribution in [3.63, 3.8) is 0 Å². The molecule has 0 N–H and O–H groups in total. The van der Waals surface area contributed by atoms with E-state index in [1.165, 1.54) is 13.2 Å². The van der Waals surface area contributed by atoms with Crippen molar-refractivity contribution in [2.45, 2.75) is 45.9 Å². The van der Waals surface area contributed by atoms with Crippen LogP contribution >= 0.6 is 0 Å². The Hall–Kier alpha value is -2.26. The average Bonchev–Trinajstić information content (AvgIpc) is 2.56. The van der Waals surface area contributed by atoms with Crippen LogP contribution in [0.15, 0.2) is 6.07 Å². The largest absolute Gasteiger partial charge is 0.380 e. The van der Waals surface area contributed by atoms with Gasteiger partial charge in [-0.3, -0.25) is 20.2 Å². The molecular formula is C16H23N3O6. The Morgan fingerprint density at radius 2 is 2.00 bits per heavy atom. The van der Waals surface area contributed by atoms with Gasteiger partial charge >= 0.3 is 5.69 Å². The number of rotatable bonds is 6. The molecule has 138 valence electrons. The molecule has 25 heavy (non-hydrogen) atoms. The van der Waals surface area contributed by atoms with Crippen LogP contribution in [0.25, 0.3) is 0 Å². The molecule has 0 amide bonds. The van der Waals surface area contributed by atoms with Crippen molar-refractivity contribution in [2.24, 2.45) is 0 Å². The van der Waals surface area contributed by atoms with Crippen LogP contribution in [0, 0.1) is 20.2 Å². The predicted molar refractivity (Wildman–Crippen MR) is 92.1 cm³/mol. The molecule has 1 heterocycles. The number of nitro groups is 2. The molecule has 0 bridgehead atoms. The van der Waals surface area contributed by atoms with Crippen LogP contribution < -0.4 is 4.90 Å². The van der Waals surface area contributed by atoms with Crippen molar-refractivity contribution in [1.29, 1.82) is 0 Å². The molecule has 1 aromatic rings. The Bertz CT molecular complexity index is 678. The zero-order valence-electron chi connectivity index (χ0n) is 14.9. The summed E-state index contributed by atoms with van der Waals surface area (Å²) in [5.74, 6) is 0. The number of anilines is 1. The molecule has 0 saturated carbocycles. The monoisotopic (exact) mass is 353 g/mol. The quantitative estimate of drug-likeness (QED) is 0.571. The van der Waals surface area contributed by atoms with Gasteiger partial charge in [0.05, 0.1) is 40.8 Å². The maximum absolute atomic E-state index is 11.9. The molecule has 2 unspecified atom stereocenters. The number of aryl methyl sites for hydroxylation is 1. The highest BCUT2D eigenvalue weighted by molar-refractivity contribution is 5.79. The van der Waals surface area contributed by atoms with Crippen LogP contribution in [0.2, 0.25) is 0 Å². The van der Waals surface area contributed by atoms with Gasteiger partial charge in [0.2, 0.25) is 0 Å². The summed E-state index contributed by atoms with van der Waals surface area (Å²) in [6, 6.07) is 1.22. The Kier molecular flexibility index (Phi) is 5.91. The predicted octanol–water partition coefficient (Wildman–Crippen LogP) is 2.83. The fraction of sp³-hybridized carbons (Fsp3) is 0.625. The topological polar surface area (TPSA) is 108 Å². The van der Waals surface area contributed by atoms with Crippen LogP contribution in [0.3, 0.4) is 0 Å². The van der Waals surface area contributed by atoms with E-state index < -0.39 is 9.85 Å². The van der Waals surface area contributed by atoms with Crippen molar-refractivity contribution < 1.29 is 19.3 Å². The summed E-state index contributed by atoms with van der Waals surface area (Å²) in [6.45, 7) is 6.21. The molecule has 9 nitrogen and oxygen atoms in total. The minimum atomic E-state index is -0.551. The first kappa shape index (κ1) is 19.1. The van der Waals surface area contributed by atoms with Crippen LogP contribution in [-0.2, 0) is 22.5 Å². The van der Waals surface area contributed by atoms with E-state index >= 15 is 0 Å². The van der Waals surface area contributed by atoms with Gasteiger partial charge in [-0.2, -0.15) is 0 Å². The zero-order chi connectivity index (χ0) is 18.7. The maximum atomic E-state index is 11.9. The number of benzene rings is 1. The van der Waals surface area contributed by atoms with Crippen molar-refractivity contribution in [3.8, 4) is 0 Å². The molecule has 2 rings (SSSR count). The molecule has 9 heteroatoms. The van der Waals surface area contributed by atoms with Gasteiger partial charge in [-0.25, -0.2) is 0 Å². The third-order valence-corrected chi connectivity index (χ3v) is 4.40. The fourth-order valence-corrected chi connectivity index (χ4v) is 3.19. The van der Waals surface area contributed by atoms with Crippen molar-refractivity contribution in [3.05, 3.63) is 37.4 Å². The summed E-state index contributed by atoms with van der Waals surface area (Å²) >= 11 is 0. The normalized spacial score (nSPS) is 20.6. The number of methoxy groups -OCH3 is 1. The molecule has 0 radical (unpaired) electrons. The summed E-state index contributed by atoms with van der Waals surface area (Å²) in [7, 11) is 1.45. The molecule has 1 fully saturated rings. The molecular weight excluding hydrogens is 330 g/mol. The molecule has 1 saturated heterocycles. The summed E-state index contributed by atoms with van der Waals surface area (Å²) in [5.41, 5.74) is 0.500. The summed E-state index contributed by atoms with van der Waals surface area (Å²) < 4.78 is 10.7. The standard InChI is InChI=1S/C16H23N3O6/c1-5-12-6-14(18(20)21)16(15(19(22)23)13(12)9-24-4)17-7-11(3)25-8-10(17)2/h6,10-11H,5,7-9H2,1-4H3. The van der Waals surface area contributed by atoms with Gasteiger partial charge in [-0.1, -0.05) is 6.92 Å². The first-order valence-electron chi connectivity index (χ1n) is 8.16. The molecule has 0 aliphatic carbocycles. The van der Waals surface area contributed by atoms with E-state index in [1.54, 1.807) is 11.8 Å². The second-order valence-corrected chi connectivity index (χ2v) is 6.18. The maximum Gasteiger partial charge on any atom is 0.305 e. The number of morpholine rings is 1. The highest BCUT2D eigenvalue weighted by Crippen LogP contribution is 2.44. The summed E-state index contributed by atoms with van der Waals surface area (Å²) in [4.78, 5) is 24.1. The second kappa shape index (κ2) is 7.75. The lowest BCUT2D eigenvalue weighted by Crippen LogP contribution is -2.48. The van der Waals surface area contributed by atoms with Crippen LogP contribution in [-0.4, -0.2) is 42.3 Å². The smallest absolute Gasteiger partial charge is 0.305 e. The van der Waals surface area contributed by atoms with E-state index in [0.29, 0.717) is 30.7 Å². The van der Waals surface area contributed by atoms with Crippen molar-refractivity contribution in [1.82, 2.24) is 0 Å². The number of nitro benzene ring substituents is 2. The molecule has 1 aliphatic rings. The minimum absolute atomic E-state index is 0.0265. The summed E-state index contributed by atoms with van der Waals surface area (Å²) in [6.07, 6.45) is 0.266. The first-order chi connectivity index (χ1) is 11.8. The zero-order valence-corrected chi connectivity index (χ0v) is 14.9. The second-order valence-electron chi connectivity index (χ2n) is 6.18. The number of hydrogen-bond acceptors (Lipinski definition) is 7. The Morgan fingerprint density at radius 3 is 2.52 bits per heavy atom. The minimum Gasteiger partial charge on any atom is -0.380 e. The van der Waals surface area contributed by atoms with Gasteiger partial charge < -0.3 is 14.4 Å².